The van der Waals surface area contributed by atoms with Crippen LogP contribution in [0.5, 0.6) is 23.0 Å². The fraction of sp³-hybridized carbons (Fsp3) is 0.100. The maximum absolute atomic E-state index is 10.4. The minimum absolute atomic E-state index is 0.0700. The first-order valence-corrected chi connectivity index (χ1v) is 8.80. The number of benzene rings is 3. The fourth-order valence-electron chi connectivity index (χ4n) is 2.68. The lowest BCUT2D eigenvalue weighted by atomic mass is 9.97. The van der Waals surface area contributed by atoms with Crippen molar-refractivity contribution in [2.24, 2.45) is 0 Å². The number of hydrogen-bond acceptors (Lipinski definition) is 4. The van der Waals surface area contributed by atoms with Gasteiger partial charge in [-0.15, -0.1) is 0 Å². The lowest BCUT2D eigenvalue weighted by Gasteiger charge is -2.13. The molecule has 0 aliphatic rings. The number of halogens is 1. The Morgan fingerprint density at radius 3 is 1.32 bits per heavy atom. The number of phenols is 4. The van der Waals surface area contributed by atoms with Crippen LogP contribution in [0.3, 0.4) is 0 Å². The number of hydrogen-bond donors (Lipinski definition) is 4. The lowest BCUT2D eigenvalue weighted by molar-refractivity contribution is 0.436. The minimum Gasteiger partial charge on any atom is -0.508 e. The Morgan fingerprint density at radius 1 is 0.600 bits per heavy atom. The molecule has 0 unspecified atom stereocenters. The predicted molar refractivity (Wildman–Crippen MR) is 104 cm³/mol. The van der Waals surface area contributed by atoms with Crippen LogP contribution in [-0.2, 0) is 12.8 Å². The quantitative estimate of drug-likeness (QED) is 0.449. The van der Waals surface area contributed by atoms with E-state index in [0.717, 1.165) is 11.1 Å². The van der Waals surface area contributed by atoms with Crippen molar-refractivity contribution in [3.8, 4) is 23.0 Å². The van der Waals surface area contributed by atoms with Gasteiger partial charge in [0.15, 0.2) is 0 Å². The second kappa shape index (κ2) is 7.23. The summed E-state index contributed by atoms with van der Waals surface area (Å²) in [5.41, 5.74) is 3.32. The monoisotopic (exact) mass is 448 g/mol. The third kappa shape index (κ3) is 3.99. The van der Waals surface area contributed by atoms with Crippen LogP contribution in [0, 0.1) is 3.57 Å². The van der Waals surface area contributed by atoms with E-state index in [-0.39, 0.29) is 23.0 Å². The van der Waals surface area contributed by atoms with Gasteiger partial charge in [0.2, 0.25) is 0 Å². The average molecular weight is 448 g/mol. The fourth-order valence-corrected chi connectivity index (χ4v) is 3.37. The Kier molecular flexibility index (Phi) is 5.03. The van der Waals surface area contributed by atoms with Gasteiger partial charge in [0.25, 0.3) is 0 Å². The largest absolute Gasteiger partial charge is 0.508 e. The Bertz CT molecular complexity index is 815. The zero-order valence-corrected chi connectivity index (χ0v) is 15.4. The summed E-state index contributed by atoms with van der Waals surface area (Å²) >= 11 is 1.94. The molecule has 5 heteroatoms. The first kappa shape index (κ1) is 17.4. The molecule has 0 amide bonds. The van der Waals surface area contributed by atoms with E-state index in [1.165, 1.54) is 0 Å². The maximum Gasteiger partial charge on any atom is 0.136 e. The molecular weight excluding hydrogens is 431 g/mol. The maximum atomic E-state index is 10.4. The van der Waals surface area contributed by atoms with Crippen LogP contribution >= 0.6 is 22.6 Å². The molecule has 0 aliphatic carbocycles. The molecule has 0 aromatic heterocycles. The van der Waals surface area contributed by atoms with Crippen LogP contribution in [0.4, 0.5) is 0 Å². The normalized spacial score (nSPS) is 10.8. The molecule has 0 saturated heterocycles. The zero-order valence-electron chi connectivity index (χ0n) is 13.3. The molecule has 0 aliphatic heterocycles. The zero-order chi connectivity index (χ0) is 18.0. The van der Waals surface area contributed by atoms with Gasteiger partial charge in [0.05, 0.1) is 3.57 Å². The molecular formula is C20H17IO4. The predicted octanol–water partition coefficient (Wildman–Crippen LogP) is 4.30. The highest BCUT2D eigenvalue weighted by atomic mass is 127. The number of phenolic OH excluding ortho intramolecular Hbond substituents is 4. The van der Waals surface area contributed by atoms with Gasteiger partial charge in [0.1, 0.15) is 23.0 Å². The van der Waals surface area contributed by atoms with E-state index in [2.05, 4.69) is 0 Å². The molecule has 3 aromatic carbocycles. The van der Waals surface area contributed by atoms with Crippen LogP contribution in [0.25, 0.3) is 0 Å². The Balaban J connectivity index is 1.94. The van der Waals surface area contributed by atoms with Gasteiger partial charge in [-0.25, -0.2) is 0 Å². The summed E-state index contributed by atoms with van der Waals surface area (Å²) in [4.78, 5) is 0. The molecule has 25 heavy (non-hydrogen) atoms. The van der Waals surface area contributed by atoms with Gasteiger partial charge in [-0.3, -0.25) is 0 Å². The SMILES string of the molecule is Oc1ccc(Cc2cc(Cc3ccc(O)cc3)c(O)c(I)c2O)cc1. The Hall–Kier alpha value is -2.41. The molecule has 0 bridgehead atoms. The molecule has 3 aromatic rings. The van der Waals surface area contributed by atoms with Crippen molar-refractivity contribution in [2.45, 2.75) is 12.8 Å². The Labute approximate surface area is 159 Å². The first-order chi connectivity index (χ1) is 11.9. The average Bonchev–Trinajstić information content (AvgIpc) is 2.61. The van der Waals surface area contributed by atoms with Crippen molar-refractivity contribution < 1.29 is 20.4 Å². The Morgan fingerprint density at radius 2 is 0.960 bits per heavy atom. The van der Waals surface area contributed by atoms with E-state index < -0.39 is 0 Å². The summed E-state index contributed by atoms with van der Waals surface area (Å²) in [6, 6.07) is 15.4. The summed E-state index contributed by atoms with van der Waals surface area (Å²) in [5.74, 6) is 0.531. The molecule has 0 fully saturated rings. The number of rotatable bonds is 4. The molecule has 0 spiro atoms. The van der Waals surface area contributed by atoms with Crippen LogP contribution in [-0.4, -0.2) is 20.4 Å². The second-order valence-corrected chi connectivity index (χ2v) is 6.97. The van der Waals surface area contributed by atoms with E-state index >= 15 is 0 Å². The van der Waals surface area contributed by atoms with Crippen LogP contribution in [0.1, 0.15) is 22.3 Å². The number of aromatic hydroxyl groups is 4. The molecule has 4 N–H and O–H groups in total. The van der Waals surface area contributed by atoms with Crippen molar-refractivity contribution >= 4 is 22.6 Å². The summed E-state index contributed by atoms with van der Waals surface area (Å²) < 4.78 is 0.419. The van der Waals surface area contributed by atoms with Gasteiger partial charge in [0, 0.05) is 12.8 Å². The van der Waals surface area contributed by atoms with Crippen LogP contribution < -0.4 is 0 Å². The van der Waals surface area contributed by atoms with Crippen molar-refractivity contribution in [1.29, 1.82) is 0 Å². The third-order valence-corrected chi connectivity index (χ3v) is 5.06. The van der Waals surface area contributed by atoms with Gasteiger partial charge < -0.3 is 20.4 Å². The highest BCUT2D eigenvalue weighted by Crippen LogP contribution is 2.37. The summed E-state index contributed by atoms with van der Waals surface area (Å²) in [5, 5.41) is 39.5. The smallest absolute Gasteiger partial charge is 0.136 e. The van der Waals surface area contributed by atoms with E-state index in [4.69, 9.17) is 0 Å². The van der Waals surface area contributed by atoms with Gasteiger partial charge >= 0.3 is 0 Å². The van der Waals surface area contributed by atoms with E-state index in [9.17, 15) is 20.4 Å². The molecule has 4 nitrogen and oxygen atoms in total. The standard InChI is InChI=1S/C20H17IO4/c21-18-19(24)14(9-12-1-5-16(22)6-2-12)11-15(20(18)25)10-13-3-7-17(23)8-4-13/h1-8,11,22-25H,9-10H2. The van der Waals surface area contributed by atoms with E-state index in [1.807, 2.05) is 22.6 Å². The molecule has 0 heterocycles. The van der Waals surface area contributed by atoms with Crippen LogP contribution in [0.2, 0.25) is 0 Å². The highest BCUT2D eigenvalue weighted by Gasteiger charge is 2.16. The molecule has 3 rings (SSSR count). The van der Waals surface area contributed by atoms with Crippen LogP contribution in [0.15, 0.2) is 54.6 Å². The molecule has 0 saturated carbocycles. The highest BCUT2D eigenvalue weighted by molar-refractivity contribution is 14.1. The minimum atomic E-state index is 0.0700. The van der Waals surface area contributed by atoms with E-state index in [0.29, 0.717) is 27.5 Å². The van der Waals surface area contributed by atoms with Crippen molar-refractivity contribution in [2.75, 3.05) is 0 Å². The van der Waals surface area contributed by atoms with Gasteiger partial charge in [-0.05, 0) is 75.2 Å². The van der Waals surface area contributed by atoms with Crippen molar-refractivity contribution in [3.63, 3.8) is 0 Å². The van der Waals surface area contributed by atoms with Gasteiger partial charge in [-0.1, -0.05) is 24.3 Å². The van der Waals surface area contributed by atoms with Crippen molar-refractivity contribution in [1.82, 2.24) is 0 Å². The summed E-state index contributed by atoms with van der Waals surface area (Å²) in [6.07, 6.45) is 0.982. The first-order valence-electron chi connectivity index (χ1n) is 7.72. The molecule has 0 atom stereocenters. The third-order valence-electron chi connectivity index (χ3n) is 4.03. The topological polar surface area (TPSA) is 80.9 Å². The van der Waals surface area contributed by atoms with Gasteiger partial charge in [-0.2, -0.15) is 0 Å². The lowest BCUT2D eigenvalue weighted by Crippen LogP contribution is -1.97. The second-order valence-electron chi connectivity index (χ2n) is 5.89. The van der Waals surface area contributed by atoms with Crippen molar-refractivity contribution in [3.05, 3.63) is 80.4 Å². The summed E-state index contributed by atoms with van der Waals surface area (Å²) in [6.45, 7) is 0. The molecule has 128 valence electrons. The van der Waals surface area contributed by atoms with E-state index in [1.54, 1.807) is 54.6 Å². The summed E-state index contributed by atoms with van der Waals surface area (Å²) in [7, 11) is 0. The molecule has 0 radical (unpaired) electrons.